The fourth-order valence-electron chi connectivity index (χ4n) is 2.42. The normalized spacial score (nSPS) is 13.6. The molecule has 0 saturated heterocycles. The number of amides is 1. The summed E-state index contributed by atoms with van der Waals surface area (Å²) in [6, 6.07) is 4.66. The van der Waals surface area contributed by atoms with Gasteiger partial charge in [-0.15, -0.1) is 11.3 Å². The zero-order valence-corrected chi connectivity index (χ0v) is 15.2. The second-order valence-corrected chi connectivity index (χ2v) is 7.19. The molecule has 1 aromatic carbocycles. The Labute approximate surface area is 153 Å². The molecule has 0 atom stereocenters. The van der Waals surface area contributed by atoms with Crippen molar-refractivity contribution in [1.82, 2.24) is 0 Å². The standard InChI is InChI=1S/C17H15Cl2NO3S/c1-2-23-17(22)14-12(9-3-4-9)8-24-16(14)20-15(21)11-6-5-10(18)7-13(11)19/h5-9H,2-4H2,1H3,(H,20,21). The molecule has 1 N–H and O–H groups in total. The Morgan fingerprint density at radius 2 is 2.08 bits per heavy atom. The third-order valence-electron chi connectivity index (χ3n) is 3.72. The molecule has 0 aliphatic heterocycles. The third kappa shape index (κ3) is 3.58. The molecule has 0 unspecified atom stereocenters. The van der Waals surface area contributed by atoms with Gasteiger partial charge in [-0.3, -0.25) is 4.79 Å². The zero-order chi connectivity index (χ0) is 17.3. The first kappa shape index (κ1) is 17.3. The summed E-state index contributed by atoms with van der Waals surface area (Å²) in [6.07, 6.45) is 2.11. The molecule has 126 valence electrons. The number of nitrogens with one attached hydrogen (secondary N) is 1. The maximum Gasteiger partial charge on any atom is 0.341 e. The maximum absolute atomic E-state index is 12.5. The second kappa shape index (κ2) is 7.13. The molecule has 1 fully saturated rings. The SMILES string of the molecule is CCOC(=O)c1c(C2CC2)csc1NC(=O)c1ccc(Cl)cc1Cl. The highest BCUT2D eigenvalue weighted by Crippen LogP contribution is 2.46. The number of halogens is 2. The first-order chi connectivity index (χ1) is 11.5. The summed E-state index contributed by atoms with van der Waals surface area (Å²) in [5, 5.41) is 5.91. The van der Waals surface area contributed by atoms with Crippen LogP contribution in [0.2, 0.25) is 10.0 Å². The second-order valence-electron chi connectivity index (χ2n) is 5.47. The number of benzene rings is 1. The minimum atomic E-state index is -0.404. The van der Waals surface area contributed by atoms with Gasteiger partial charge in [-0.05, 0) is 54.8 Å². The van der Waals surface area contributed by atoms with Crippen LogP contribution in [-0.2, 0) is 4.74 Å². The van der Waals surface area contributed by atoms with Crippen LogP contribution >= 0.6 is 34.5 Å². The molecule has 4 nitrogen and oxygen atoms in total. The van der Waals surface area contributed by atoms with Crippen LogP contribution in [0.25, 0.3) is 0 Å². The first-order valence-electron chi connectivity index (χ1n) is 7.56. The largest absolute Gasteiger partial charge is 0.462 e. The maximum atomic E-state index is 12.5. The van der Waals surface area contributed by atoms with Crippen molar-refractivity contribution in [2.75, 3.05) is 11.9 Å². The van der Waals surface area contributed by atoms with E-state index >= 15 is 0 Å². The Hall–Kier alpha value is -1.56. The van der Waals surface area contributed by atoms with Crippen molar-refractivity contribution in [3.63, 3.8) is 0 Å². The van der Waals surface area contributed by atoms with Gasteiger partial charge >= 0.3 is 5.97 Å². The molecule has 0 radical (unpaired) electrons. The molecule has 7 heteroatoms. The Bertz CT molecular complexity index is 799. The Balaban J connectivity index is 1.89. The number of hydrogen-bond donors (Lipinski definition) is 1. The van der Waals surface area contributed by atoms with Crippen LogP contribution in [0.15, 0.2) is 23.6 Å². The lowest BCUT2D eigenvalue weighted by molar-refractivity contribution is 0.0527. The van der Waals surface area contributed by atoms with E-state index in [0.717, 1.165) is 18.4 Å². The summed E-state index contributed by atoms with van der Waals surface area (Å²) < 4.78 is 5.15. The minimum absolute atomic E-state index is 0.261. The van der Waals surface area contributed by atoms with Crippen LogP contribution in [0.4, 0.5) is 5.00 Å². The fraction of sp³-hybridized carbons (Fsp3) is 0.294. The van der Waals surface area contributed by atoms with E-state index < -0.39 is 5.97 Å². The molecule has 1 heterocycles. The van der Waals surface area contributed by atoms with Crippen LogP contribution in [0.5, 0.6) is 0 Å². The van der Waals surface area contributed by atoms with Gasteiger partial charge in [-0.1, -0.05) is 23.2 Å². The monoisotopic (exact) mass is 383 g/mol. The number of rotatable bonds is 5. The van der Waals surface area contributed by atoms with E-state index in [4.69, 9.17) is 27.9 Å². The highest BCUT2D eigenvalue weighted by Gasteiger charge is 2.32. The van der Waals surface area contributed by atoms with Crippen molar-refractivity contribution < 1.29 is 14.3 Å². The quantitative estimate of drug-likeness (QED) is 0.706. The third-order valence-corrected chi connectivity index (χ3v) is 5.18. The number of hydrogen-bond acceptors (Lipinski definition) is 4. The highest BCUT2D eigenvalue weighted by molar-refractivity contribution is 7.15. The molecule has 1 amide bonds. The van der Waals surface area contributed by atoms with E-state index in [9.17, 15) is 9.59 Å². The number of esters is 1. The Kier molecular flexibility index (Phi) is 5.13. The van der Waals surface area contributed by atoms with Crippen LogP contribution in [0.3, 0.4) is 0 Å². The van der Waals surface area contributed by atoms with E-state index in [1.165, 1.54) is 17.4 Å². The molecular weight excluding hydrogens is 369 g/mol. The van der Waals surface area contributed by atoms with Gasteiger partial charge in [0, 0.05) is 5.02 Å². The molecule has 1 aliphatic carbocycles. The van der Waals surface area contributed by atoms with Crippen LogP contribution in [0.1, 0.15) is 52.0 Å². The van der Waals surface area contributed by atoms with Crippen molar-refractivity contribution in [2.24, 2.45) is 0 Å². The average Bonchev–Trinajstić information content (AvgIpc) is 3.28. The molecule has 24 heavy (non-hydrogen) atoms. The van der Waals surface area contributed by atoms with Gasteiger partial charge in [0.15, 0.2) is 0 Å². The average molecular weight is 384 g/mol. The predicted molar refractivity (Wildman–Crippen MR) is 96.7 cm³/mol. The van der Waals surface area contributed by atoms with Crippen molar-refractivity contribution in [2.45, 2.75) is 25.7 Å². The smallest absolute Gasteiger partial charge is 0.341 e. The van der Waals surface area contributed by atoms with Gasteiger partial charge < -0.3 is 10.1 Å². The molecule has 3 rings (SSSR count). The minimum Gasteiger partial charge on any atom is -0.462 e. The molecule has 1 aliphatic rings. The summed E-state index contributed by atoms with van der Waals surface area (Å²) in [4.78, 5) is 24.8. The van der Waals surface area contributed by atoms with E-state index in [1.807, 2.05) is 5.38 Å². The zero-order valence-electron chi connectivity index (χ0n) is 12.9. The van der Waals surface area contributed by atoms with Gasteiger partial charge in [-0.25, -0.2) is 4.79 Å². The van der Waals surface area contributed by atoms with E-state index in [1.54, 1.807) is 19.1 Å². The van der Waals surface area contributed by atoms with Crippen LogP contribution in [-0.4, -0.2) is 18.5 Å². The summed E-state index contributed by atoms with van der Waals surface area (Å²) in [6.45, 7) is 2.04. The van der Waals surface area contributed by atoms with E-state index in [0.29, 0.717) is 27.1 Å². The fourth-order valence-corrected chi connectivity index (χ4v) is 3.94. The van der Waals surface area contributed by atoms with Gasteiger partial charge in [0.05, 0.1) is 22.8 Å². The van der Waals surface area contributed by atoms with E-state index in [2.05, 4.69) is 5.32 Å². The summed E-state index contributed by atoms with van der Waals surface area (Å²) >= 11 is 13.3. The Morgan fingerprint density at radius 3 is 2.71 bits per heavy atom. The predicted octanol–water partition coefficient (Wildman–Crippen LogP) is 5.36. The number of ether oxygens (including phenoxy) is 1. The number of carbonyl (C=O) groups is 2. The van der Waals surface area contributed by atoms with Gasteiger partial charge in [-0.2, -0.15) is 0 Å². The first-order valence-corrected chi connectivity index (χ1v) is 9.19. The van der Waals surface area contributed by atoms with Crippen molar-refractivity contribution >= 4 is 51.4 Å². The molecule has 0 spiro atoms. The summed E-state index contributed by atoms with van der Waals surface area (Å²) in [7, 11) is 0. The molecule has 1 aromatic heterocycles. The highest BCUT2D eigenvalue weighted by atomic mass is 35.5. The topological polar surface area (TPSA) is 55.4 Å². The number of anilines is 1. The van der Waals surface area contributed by atoms with Crippen molar-refractivity contribution in [3.05, 3.63) is 50.3 Å². The molecule has 1 saturated carbocycles. The van der Waals surface area contributed by atoms with Crippen molar-refractivity contribution in [3.8, 4) is 0 Å². The molecular formula is C17H15Cl2NO3S. The van der Waals surface area contributed by atoms with Gasteiger partial charge in [0.1, 0.15) is 5.00 Å². The Morgan fingerprint density at radius 1 is 1.33 bits per heavy atom. The lowest BCUT2D eigenvalue weighted by atomic mass is 10.1. The van der Waals surface area contributed by atoms with E-state index in [-0.39, 0.29) is 17.5 Å². The summed E-state index contributed by atoms with van der Waals surface area (Å²) in [5.74, 6) is -0.407. The van der Waals surface area contributed by atoms with Gasteiger partial charge in [0.25, 0.3) is 5.91 Å². The number of thiophene rings is 1. The van der Waals surface area contributed by atoms with Crippen molar-refractivity contribution in [1.29, 1.82) is 0 Å². The molecule has 2 aromatic rings. The molecule has 0 bridgehead atoms. The summed E-state index contributed by atoms with van der Waals surface area (Å²) in [5.41, 5.74) is 1.72. The number of carbonyl (C=O) groups excluding carboxylic acids is 2. The van der Waals surface area contributed by atoms with Gasteiger partial charge in [0.2, 0.25) is 0 Å². The lowest BCUT2D eigenvalue weighted by Crippen LogP contribution is -2.15. The van der Waals surface area contributed by atoms with Crippen LogP contribution < -0.4 is 5.32 Å². The van der Waals surface area contributed by atoms with Crippen LogP contribution in [0, 0.1) is 0 Å². The lowest BCUT2D eigenvalue weighted by Gasteiger charge is -2.09.